The third-order valence-electron chi connectivity index (χ3n) is 2.60. The molecular formula is C12H8ClFN4. The first-order valence-electron chi connectivity index (χ1n) is 5.21. The van der Waals surface area contributed by atoms with Gasteiger partial charge in [0.1, 0.15) is 5.82 Å². The molecule has 0 atom stereocenters. The van der Waals surface area contributed by atoms with Crippen molar-refractivity contribution >= 4 is 23.2 Å². The molecule has 2 heterocycles. The van der Waals surface area contributed by atoms with Crippen LogP contribution in [-0.4, -0.2) is 14.6 Å². The summed E-state index contributed by atoms with van der Waals surface area (Å²) in [5.41, 5.74) is 7.60. The van der Waals surface area contributed by atoms with Crippen molar-refractivity contribution in [3.05, 3.63) is 47.4 Å². The lowest BCUT2D eigenvalue weighted by molar-refractivity contribution is 0.628. The van der Waals surface area contributed by atoms with Crippen molar-refractivity contribution in [1.82, 2.24) is 14.6 Å². The zero-order valence-corrected chi connectivity index (χ0v) is 9.89. The third kappa shape index (κ3) is 1.69. The van der Waals surface area contributed by atoms with Crippen LogP contribution in [0.25, 0.3) is 16.8 Å². The molecule has 0 fully saturated rings. The summed E-state index contributed by atoms with van der Waals surface area (Å²) in [5, 5.41) is 4.34. The summed E-state index contributed by atoms with van der Waals surface area (Å²) in [6.07, 6.45) is 1.74. The van der Waals surface area contributed by atoms with E-state index in [2.05, 4.69) is 10.1 Å². The number of fused-ring (bicyclic) bond motifs is 1. The Kier molecular flexibility index (Phi) is 2.41. The van der Waals surface area contributed by atoms with Gasteiger partial charge in [-0.25, -0.2) is 8.91 Å². The smallest absolute Gasteiger partial charge is 0.240 e. The van der Waals surface area contributed by atoms with Crippen LogP contribution in [0.2, 0.25) is 5.02 Å². The zero-order valence-electron chi connectivity index (χ0n) is 9.14. The average Bonchev–Trinajstić information content (AvgIpc) is 2.69. The van der Waals surface area contributed by atoms with Gasteiger partial charge in [0.05, 0.1) is 5.02 Å². The molecule has 4 nitrogen and oxygen atoms in total. The van der Waals surface area contributed by atoms with Crippen molar-refractivity contribution < 1.29 is 4.39 Å². The van der Waals surface area contributed by atoms with E-state index in [-0.39, 0.29) is 11.8 Å². The van der Waals surface area contributed by atoms with Gasteiger partial charge in [0.25, 0.3) is 0 Å². The number of nitrogens with two attached hydrogens (primary N) is 1. The lowest BCUT2D eigenvalue weighted by Crippen LogP contribution is -1.90. The first-order chi connectivity index (χ1) is 8.65. The monoisotopic (exact) mass is 262 g/mol. The van der Waals surface area contributed by atoms with Crippen molar-refractivity contribution in [1.29, 1.82) is 0 Å². The highest BCUT2D eigenvalue weighted by Crippen LogP contribution is 2.30. The molecule has 0 aliphatic heterocycles. The molecule has 0 saturated heterocycles. The van der Waals surface area contributed by atoms with Crippen LogP contribution in [0.3, 0.4) is 0 Å². The highest BCUT2D eigenvalue weighted by Gasteiger charge is 2.11. The SMILES string of the molecule is Nc1nc2c(-c3ccc(F)cc3Cl)cccn2n1. The number of nitrogen functional groups attached to an aromatic ring is 1. The van der Waals surface area contributed by atoms with E-state index in [0.717, 1.165) is 5.56 Å². The Bertz CT molecular complexity index is 738. The second kappa shape index (κ2) is 3.96. The molecule has 0 amide bonds. The lowest BCUT2D eigenvalue weighted by Gasteiger charge is -2.05. The number of halogens is 2. The number of anilines is 1. The fourth-order valence-corrected chi connectivity index (χ4v) is 2.11. The fraction of sp³-hybridized carbons (Fsp3) is 0. The zero-order chi connectivity index (χ0) is 12.7. The van der Waals surface area contributed by atoms with E-state index < -0.39 is 0 Å². The summed E-state index contributed by atoms with van der Waals surface area (Å²) in [4.78, 5) is 4.13. The predicted octanol–water partition coefficient (Wildman–Crippen LogP) is 2.77. The minimum Gasteiger partial charge on any atom is -0.366 e. The molecule has 6 heteroatoms. The Balaban J connectivity index is 2.31. The van der Waals surface area contributed by atoms with Crippen LogP contribution in [0, 0.1) is 5.82 Å². The molecule has 2 aromatic heterocycles. The first-order valence-corrected chi connectivity index (χ1v) is 5.59. The summed E-state index contributed by atoms with van der Waals surface area (Å²) in [6, 6.07) is 7.86. The maximum Gasteiger partial charge on any atom is 0.240 e. The van der Waals surface area contributed by atoms with Crippen LogP contribution < -0.4 is 5.73 Å². The van der Waals surface area contributed by atoms with Gasteiger partial charge in [0.15, 0.2) is 5.65 Å². The average molecular weight is 263 g/mol. The van der Waals surface area contributed by atoms with Crippen molar-refractivity contribution in [2.24, 2.45) is 0 Å². The van der Waals surface area contributed by atoms with Crippen LogP contribution in [0.1, 0.15) is 0 Å². The normalized spacial score (nSPS) is 11.0. The van der Waals surface area contributed by atoms with Gasteiger partial charge < -0.3 is 5.73 Å². The Morgan fingerprint density at radius 2 is 2.06 bits per heavy atom. The van der Waals surface area contributed by atoms with Gasteiger partial charge in [-0.15, -0.1) is 5.10 Å². The molecule has 0 saturated carbocycles. The number of rotatable bonds is 1. The van der Waals surface area contributed by atoms with Crippen LogP contribution >= 0.6 is 11.6 Å². The second-order valence-electron chi connectivity index (χ2n) is 3.78. The van der Waals surface area contributed by atoms with E-state index in [0.29, 0.717) is 16.2 Å². The summed E-state index contributed by atoms with van der Waals surface area (Å²) in [6.45, 7) is 0. The highest BCUT2D eigenvalue weighted by molar-refractivity contribution is 6.33. The molecule has 0 bridgehead atoms. The topological polar surface area (TPSA) is 56.2 Å². The molecular weight excluding hydrogens is 255 g/mol. The van der Waals surface area contributed by atoms with E-state index >= 15 is 0 Å². The third-order valence-corrected chi connectivity index (χ3v) is 2.91. The Labute approximate surface area is 107 Å². The number of hydrogen-bond donors (Lipinski definition) is 1. The highest BCUT2D eigenvalue weighted by atomic mass is 35.5. The molecule has 3 aromatic rings. The Morgan fingerprint density at radius 1 is 1.22 bits per heavy atom. The molecule has 3 rings (SSSR count). The number of nitrogens with zero attached hydrogens (tertiary/aromatic N) is 3. The molecule has 0 aliphatic carbocycles. The van der Waals surface area contributed by atoms with Crippen LogP contribution in [0.5, 0.6) is 0 Å². The van der Waals surface area contributed by atoms with Crippen molar-refractivity contribution in [3.8, 4) is 11.1 Å². The summed E-state index contributed by atoms with van der Waals surface area (Å²) >= 11 is 6.04. The molecule has 1 aromatic carbocycles. The molecule has 0 spiro atoms. The molecule has 90 valence electrons. The van der Waals surface area contributed by atoms with Gasteiger partial charge in [-0.05, 0) is 30.3 Å². The van der Waals surface area contributed by atoms with Gasteiger partial charge in [0, 0.05) is 17.3 Å². The molecule has 0 aliphatic rings. The van der Waals surface area contributed by atoms with E-state index in [1.165, 1.54) is 12.1 Å². The number of hydrogen-bond acceptors (Lipinski definition) is 3. The van der Waals surface area contributed by atoms with E-state index in [9.17, 15) is 4.39 Å². The Morgan fingerprint density at radius 3 is 2.83 bits per heavy atom. The van der Waals surface area contributed by atoms with Crippen molar-refractivity contribution in [2.45, 2.75) is 0 Å². The van der Waals surface area contributed by atoms with Gasteiger partial charge in [0.2, 0.25) is 5.95 Å². The van der Waals surface area contributed by atoms with E-state index in [1.54, 1.807) is 22.8 Å². The standard InChI is InChI=1S/C12H8ClFN4/c13-10-6-7(14)3-4-8(10)9-2-1-5-18-11(9)16-12(15)17-18/h1-6H,(H2,15,17). The quantitative estimate of drug-likeness (QED) is 0.734. The number of benzene rings is 1. The minimum atomic E-state index is -0.378. The van der Waals surface area contributed by atoms with Crippen molar-refractivity contribution in [3.63, 3.8) is 0 Å². The number of pyridine rings is 1. The second-order valence-corrected chi connectivity index (χ2v) is 4.19. The molecule has 0 radical (unpaired) electrons. The maximum absolute atomic E-state index is 13.0. The first kappa shape index (κ1) is 11.0. The van der Waals surface area contributed by atoms with Crippen LogP contribution in [0.4, 0.5) is 10.3 Å². The number of aromatic nitrogens is 3. The van der Waals surface area contributed by atoms with E-state index in [4.69, 9.17) is 17.3 Å². The molecule has 18 heavy (non-hydrogen) atoms. The summed E-state index contributed by atoms with van der Waals surface area (Å²) in [5.74, 6) is -0.197. The van der Waals surface area contributed by atoms with Gasteiger partial charge >= 0.3 is 0 Å². The van der Waals surface area contributed by atoms with Crippen LogP contribution in [-0.2, 0) is 0 Å². The van der Waals surface area contributed by atoms with Gasteiger partial charge in [-0.2, -0.15) is 4.98 Å². The minimum absolute atomic E-state index is 0.181. The van der Waals surface area contributed by atoms with Gasteiger partial charge in [-0.1, -0.05) is 11.6 Å². The molecule has 0 unspecified atom stereocenters. The summed E-state index contributed by atoms with van der Waals surface area (Å²) in [7, 11) is 0. The molecule has 2 N–H and O–H groups in total. The van der Waals surface area contributed by atoms with Gasteiger partial charge in [-0.3, -0.25) is 0 Å². The van der Waals surface area contributed by atoms with E-state index in [1.807, 2.05) is 6.07 Å². The lowest BCUT2D eigenvalue weighted by atomic mass is 10.1. The van der Waals surface area contributed by atoms with Crippen LogP contribution in [0.15, 0.2) is 36.5 Å². The van der Waals surface area contributed by atoms with Crippen molar-refractivity contribution in [2.75, 3.05) is 5.73 Å². The predicted molar refractivity (Wildman–Crippen MR) is 67.8 cm³/mol. The largest absolute Gasteiger partial charge is 0.366 e. The summed E-state index contributed by atoms with van der Waals surface area (Å²) < 4.78 is 14.6. The Hall–Kier alpha value is -2.14. The maximum atomic E-state index is 13.0. The fourth-order valence-electron chi connectivity index (χ4n) is 1.84.